The summed E-state index contributed by atoms with van der Waals surface area (Å²) in [6, 6.07) is 13.8. The molecule has 1 saturated heterocycles. The van der Waals surface area contributed by atoms with Crippen LogP contribution < -0.4 is 15.4 Å². The molecule has 0 bridgehead atoms. The highest BCUT2D eigenvalue weighted by Crippen LogP contribution is 2.44. The maximum atomic E-state index is 13.3. The average molecular weight is 498 g/mol. The molecule has 0 unspecified atom stereocenters. The highest BCUT2D eigenvalue weighted by Gasteiger charge is 2.48. The van der Waals surface area contributed by atoms with Gasteiger partial charge in [0, 0.05) is 24.4 Å². The van der Waals surface area contributed by atoms with E-state index in [4.69, 9.17) is 15.2 Å². The van der Waals surface area contributed by atoms with Crippen molar-refractivity contribution in [1.82, 2.24) is 4.90 Å². The minimum absolute atomic E-state index is 0.0739. The van der Waals surface area contributed by atoms with Gasteiger partial charge in [-0.05, 0) is 63.3 Å². The van der Waals surface area contributed by atoms with Crippen LogP contribution in [0.15, 0.2) is 47.4 Å². The minimum atomic E-state index is -1.06. The van der Waals surface area contributed by atoms with Gasteiger partial charge in [0.2, 0.25) is 5.91 Å². The molecule has 1 fully saturated rings. The van der Waals surface area contributed by atoms with E-state index in [1.165, 1.54) is 11.8 Å². The summed E-state index contributed by atoms with van der Waals surface area (Å²) < 4.78 is 11.5. The van der Waals surface area contributed by atoms with E-state index in [2.05, 4.69) is 0 Å². The van der Waals surface area contributed by atoms with Crippen LogP contribution >= 0.6 is 11.8 Å². The van der Waals surface area contributed by atoms with Crippen LogP contribution in [0, 0.1) is 5.92 Å². The van der Waals surface area contributed by atoms with Crippen molar-refractivity contribution < 1.29 is 19.1 Å². The number of hydrogen-bond donors (Lipinski definition) is 1. The number of nitrogens with zero attached hydrogens (tertiary/aromatic N) is 2. The molecule has 0 saturated carbocycles. The monoisotopic (exact) mass is 497 g/mol. The SMILES string of the molecule is COc1cc2c(cc1C[C@@H]1CCCN(C(=O)OC(C)(C)C)[C@]1(N)c1ccccc1)N(C)C(=O)CS2. The summed E-state index contributed by atoms with van der Waals surface area (Å²) >= 11 is 1.53. The van der Waals surface area contributed by atoms with Crippen LogP contribution in [0.4, 0.5) is 10.5 Å². The topological polar surface area (TPSA) is 85.1 Å². The third-order valence-electron chi connectivity index (χ3n) is 6.77. The number of likely N-dealkylation sites (tertiary alicyclic amines) is 1. The lowest BCUT2D eigenvalue weighted by molar-refractivity contribution is -0.116. The number of benzene rings is 2. The molecule has 2 aromatic rings. The lowest BCUT2D eigenvalue weighted by Crippen LogP contribution is -2.63. The number of methoxy groups -OCH3 is 1. The quantitative estimate of drug-likeness (QED) is 0.655. The van der Waals surface area contributed by atoms with Crippen LogP contribution in [0.1, 0.15) is 44.7 Å². The second-order valence-corrected chi connectivity index (χ2v) is 11.3. The van der Waals surface area contributed by atoms with Gasteiger partial charge in [0.1, 0.15) is 17.0 Å². The first-order valence-electron chi connectivity index (χ1n) is 12.0. The number of nitrogens with two attached hydrogens (primary N) is 1. The number of carbonyl (C=O) groups is 2. The number of fused-ring (bicyclic) bond motifs is 1. The third kappa shape index (κ3) is 5.00. The summed E-state index contributed by atoms with van der Waals surface area (Å²) in [4.78, 5) is 30.1. The molecule has 0 aliphatic carbocycles. The molecule has 2 aliphatic rings. The molecular weight excluding hydrogens is 462 g/mol. The lowest BCUT2D eigenvalue weighted by Gasteiger charge is -2.50. The van der Waals surface area contributed by atoms with E-state index in [1.807, 2.05) is 63.2 Å². The van der Waals surface area contributed by atoms with Gasteiger partial charge < -0.3 is 20.1 Å². The van der Waals surface area contributed by atoms with Crippen LogP contribution in [0.2, 0.25) is 0 Å². The molecular formula is C27H35N3O4S. The second kappa shape index (κ2) is 9.74. The van der Waals surface area contributed by atoms with E-state index in [1.54, 1.807) is 24.0 Å². The fourth-order valence-electron chi connectivity index (χ4n) is 4.99. The first kappa shape index (κ1) is 25.4. The molecule has 7 nitrogen and oxygen atoms in total. The number of amides is 2. The van der Waals surface area contributed by atoms with Crippen molar-refractivity contribution in [2.75, 3.05) is 31.4 Å². The molecule has 4 rings (SSSR count). The Morgan fingerprint density at radius 3 is 2.60 bits per heavy atom. The van der Waals surface area contributed by atoms with E-state index in [-0.39, 0.29) is 11.8 Å². The summed E-state index contributed by atoms with van der Waals surface area (Å²) in [6.45, 7) is 6.11. The van der Waals surface area contributed by atoms with Gasteiger partial charge in [0.05, 0.1) is 18.6 Å². The van der Waals surface area contributed by atoms with Crippen LogP contribution in [0.5, 0.6) is 5.75 Å². The van der Waals surface area contributed by atoms with Crippen molar-refractivity contribution in [1.29, 1.82) is 0 Å². The van der Waals surface area contributed by atoms with Crippen molar-refractivity contribution in [2.45, 2.75) is 56.2 Å². The van der Waals surface area contributed by atoms with E-state index in [9.17, 15) is 9.59 Å². The zero-order valence-electron chi connectivity index (χ0n) is 21.2. The largest absolute Gasteiger partial charge is 0.496 e. The summed E-state index contributed by atoms with van der Waals surface area (Å²) in [6.07, 6.45) is 1.84. The molecule has 0 spiro atoms. The number of thioether (sulfide) groups is 1. The number of ether oxygens (including phenoxy) is 2. The molecule has 2 atom stereocenters. The van der Waals surface area contributed by atoms with Crippen molar-refractivity contribution in [3.05, 3.63) is 53.6 Å². The molecule has 2 amide bonds. The first-order valence-corrected chi connectivity index (χ1v) is 13.0. The van der Waals surface area contributed by atoms with E-state index < -0.39 is 17.4 Å². The van der Waals surface area contributed by atoms with Gasteiger partial charge in [-0.3, -0.25) is 9.69 Å². The van der Waals surface area contributed by atoms with E-state index in [0.29, 0.717) is 18.7 Å². The highest BCUT2D eigenvalue weighted by atomic mass is 32.2. The highest BCUT2D eigenvalue weighted by molar-refractivity contribution is 8.00. The second-order valence-electron chi connectivity index (χ2n) is 10.2. The predicted molar refractivity (Wildman–Crippen MR) is 139 cm³/mol. The van der Waals surface area contributed by atoms with Gasteiger partial charge in [-0.25, -0.2) is 4.79 Å². The van der Waals surface area contributed by atoms with Gasteiger partial charge >= 0.3 is 6.09 Å². The lowest BCUT2D eigenvalue weighted by atomic mass is 9.75. The standard InChI is InChI=1S/C27H35N3O4S/c1-26(2,3)34-25(32)30-13-9-12-20(27(30,28)19-10-7-6-8-11-19)14-18-15-21-23(16-22(18)33-5)35-17-24(31)29(21)4/h6-8,10-11,15-16,20H,9,12-14,17,28H2,1-5H3/t20-,27+/m0/s1. The Bertz CT molecular complexity index is 1100. The normalized spacial score (nSPS) is 22.6. The van der Waals surface area contributed by atoms with E-state index >= 15 is 0 Å². The maximum absolute atomic E-state index is 13.3. The van der Waals surface area contributed by atoms with Gasteiger partial charge in [-0.2, -0.15) is 0 Å². The van der Waals surface area contributed by atoms with Crippen LogP contribution in [-0.2, 0) is 21.6 Å². The van der Waals surface area contributed by atoms with Crippen molar-refractivity contribution in [2.24, 2.45) is 11.7 Å². The summed E-state index contributed by atoms with van der Waals surface area (Å²) in [5.74, 6) is 1.17. The van der Waals surface area contributed by atoms with Gasteiger partial charge in [-0.1, -0.05) is 30.3 Å². The Kier molecular flexibility index (Phi) is 7.06. The van der Waals surface area contributed by atoms with Crippen LogP contribution in [0.3, 0.4) is 0 Å². The molecule has 2 aliphatic heterocycles. The van der Waals surface area contributed by atoms with Crippen molar-refractivity contribution in [3.8, 4) is 5.75 Å². The molecule has 188 valence electrons. The molecule has 8 heteroatoms. The number of piperidine rings is 1. The predicted octanol–water partition coefficient (Wildman–Crippen LogP) is 4.77. The Morgan fingerprint density at radius 1 is 1.23 bits per heavy atom. The Hall–Kier alpha value is -2.71. The molecule has 0 aromatic heterocycles. The van der Waals surface area contributed by atoms with Crippen LogP contribution in [-0.4, -0.2) is 49.0 Å². The molecule has 2 aromatic carbocycles. The number of carbonyl (C=O) groups excluding carboxylic acids is 2. The summed E-state index contributed by atoms with van der Waals surface area (Å²) in [7, 11) is 3.47. The zero-order chi connectivity index (χ0) is 25.4. The third-order valence-corrected chi connectivity index (χ3v) is 7.80. The fourth-order valence-corrected chi connectivity index (χ4v) is 6.00. The first-order chi connectivity index (χ1) is 16.5. The minimum Gasteiger partial charge on any atom is -0.496 e. The molecule has 35 heavy (non-hydrogen) atoms. The number of rotatable bonds is 4. The van der Waals surface area contributed by atoms with E-state index in [0.717, 1.165) is 40.3 Å². The number of anilines is 1. The van der Waals surface area contributed by atoms with Gasteiger partial charge in [-0.15, -0.1) is 11.8 Å². The van der Waals surface area contributed by atoms with Crippen molar-refractivity contribution >= 4 is 29.4 Å². The molecule has 2 N–H and O–H groups in total. The fraction of sp³-hybridized carbons (Fsp3) is 0.481. The Morgan fingerprint density at radius 2 is 1.94 bits per heavy atom. The van der Waals surface area contributed by atoms with Crippen molar-refractivity contribution in [3.63, 3.8) is 0 Å². The average Bonchev–Trinajstić information content (AvgIpc) is 2.82. The molecule has 0 radical (unpaired) electrons. The summed E-state index contributed by atoms with van der Waals surface area (Å²) in [5.41, 5.74) is 8.26. The smallest absolute Gasteiger partial charge is 0.412 e. The zero-order valence-corrected chi connectivity index (χ0v) is 22.0. The Labute approximate surface area is 211 Å². The van der Waals surface area contributed by atoms with Crippen LogP contribution in [0.25, 0.3) is 0 Å². The molecule has 2 heterocycles. The summed E-state index contributed by atoms with van der Waals surface area (Å²) in [5, 5.41) is 0. The van der Waals surface area contributed by atoms with Gasteiger partial charge in [0.15, 0.2) is 0 Å². The van der Waals surface area contributed by atoms with Gasteiger partial charge in [0.25, 0.3) is 0 Å². The maximum Gasteiger partial charge on any atom is 0.412 e. The number of hydrogen-bond acceptors (Lipinski definition) is 6. The Balaban J connectivity index is 1.75.